The van der Waals surface area contributed by atoms with Gasteiger partial charge in [0.1, 0.15) is 5.75 Å². The van der Waals surface area contributed by atoms with Crippen LogP contribution < -0.4 is 9.64 Å². The van der Waals surface area contributed by atoms with Crippen LogP contribution in [0, 0.1) is 3.57 Å². The SMILES string of the molecule is O=C1COc2cc(I)ccc2N1Cc1ccc(Cl)cc1Cl. The van der Waals surface area contributed by atoms with E-state index in [1.807, 2.05) is 24.3 Å². The number of carbonyl (C=O) groups excluding carboxylic acids is 1. The van der Waals surface area contributed by atoms with E-state index in [0.717, 1.165) is 14.8 Å². The number of halogens is 3. The number of anilines is 1. The summed E-state index contributed by atoms with van der Waals surface area (Å²) in [7, 11) is 0. The normalized spacial score (nSPS) is 13.9. The average Bonchev–Trinajstić information content (AvgIpc) is 2.44. The van der Waals surface area contributed by atoms with E-state index in [2.05, 4.69) is 22.6 Å². The molecule has 0 N–H and O–H groups in total. The molecule has 2 aromatic rings. The zero-order valence-corrected chi connectivity index (χ0v) is 14.4. The second-order valence-corrected chi connectivity index (χ2v) is 6.71. The summed E-state index contributed by atoms with van der Waals surface area (Å²) >= 11 is 14.3. The molecule has 3 nitrogen and oxygen atoms in total. The summed E-state index contributed by atoms with van der Waals surface area (Å²) in [6.07, 6.45) is 0. The van der Waals surface area contributed by atoms with E-state index < -0.39 is 0 Å². The fraction of sp³-hybridized carbons (Fsp3) is 0.133. The van der Waals surface area contributed by atoms with Gasteiger partial charge in [0.15, 0.2) is 6.61 Å². The molecule has 0 unspecified atom stereocenters. The van der Waals surface area contributed by atoms with E-state index >= 15 is 0 Å². The van der Waals surface area contributed by atoms with E-state index in [1.54, 1.807) is 17.0 Å². The molecule has 1 heterocycles. The van der Waals surface area contributed by atoms with Crippen molar-refractivity contribution in [3.8, 4) is 5.75 Å². The van der Waals surface area contributed by atoms with Crippen molar-refractivity contribution in [1.82, 2.24) is 0 Å². The lowest BCUT2D eigenvalue weighted by Gasteiger charge is -2.29. The van der Waals surface area contributed by atoms with Gasteiger partial charge in [0.25, 0.3) is 5.91 Å². The third-order valence-corrected chi connectivity index (χ3v) is 4.47. The van der Waals surface area contributed by atoms with Crippen LogP contribution in [0.15, 0.2) is 36.4 Å². The van der Waals surface area contributed by atoms with Crippen molar-refractivity contribution >= 4 is 57.4 Å². The lowest BCUT2D eigenvalue weighted by Crippen LogP contribution is -2.38. The van der Waals surface area contributed by atoms with Gasteiger partial charge in [-0.25, -0.2) is 0 Å². The maximum Gasteiger partial charge on any atom is 0.265 e. The lowest BCUT2D eigenvalue weighted by molar-refractivity contribution is -0.121. The van der Waals surface area contributed by atoms with Gasteiger partial charge in [-0.1, -0.05) is 29.3 Å². The Morgan fingerprint density at radius 1 is 1.19 bits per heavy atom. The van der Waals surface area contributed by atoms with Gasteiger partial charge in [0, 0.05) is 13.6 Å². The molecule has 108 valence electrons. The minimum atomic E-state index is -0.0882. The first kappa shape index (κ1) is 14.9. The largest absolute Gasteiger partial charge is 0.482 e. The highest BCUT2D eigenvalue weighted by Crippen LogP contribution is 2.35. The summed E-state index contributed by atoms with van der Waals surface area (Å²) < 4.78 is 6.54. The molecule has 21 heavy (non-hydrogen) atoms. The Kier molecular flexibility index (Phi) is 4.28. The maximum absolute atomic E-state index is 12.2. The third-order valence-electron chi connectivity index (χ3n) is 3.21. The molecule has 3 rings (SSSR count). The molecule has 1 aliphatic heterocycles. The zero-order valence-electron chi connectivity index (χ0n) is 10.8. The van der Waals surface area contributed by atoms with Crippen molar-refractivity contribution in [3.63, 3.8) is 0 Å². The van der Waals surface area contributed by atoms with Crippen molar-refractivity contribution < 1.29 is 9.53 Å². The molecule has 2 aromatic carbocycles. The Morgan fingerprint density at radius 2 is 2.00 bits per heavy atom. The Hall–Kier alpha value is -0.980. The van der Waals surface area contributed by atoms with Gasteiger partial charge in [-0.2, -0.15) is 0 Å². The van der Waals surface area contributed by atoms with Crippen LogP contribution >= 0.6 is 45.8 Å². The average molecular weight is 434 g/mol. The van der Waals surface area contributed by atoms with Crippen molar-refractivity contribution in [2.24, 2.45) is 0 Å². The molecule has 0 radical (unpaired) electrons. The molecule has 0 aliphatic carbocycles. The minimum absolute atomic E-state index is 0.0400. The molecule has 0 saturated heterocycles. The molecule has 0 aromatic heterocycles. The molecule has 6 heteroatoms. The Balaban J connectivity index is 1.96. The molecule has 0 bridgehead atoms. The molecule has 0 fully saturated rings. The Morgan fingerprint density at radius 3 is 2.76 bits per heavy atom. The standard InChI is InChI=1S/C15H10Cl2INO2/c16-10-2-1-9(12(17)5-10)7-19-13-4-3-11(18)6-14(13)21-8-15(19)20/h1-6H,7-8H2. The number of rotatable bonds is 2. The number of hydrogen-bond acceptors (Lipinski definition) is 2. The molecule has 0 atom stereocenters. The van der Waals surface area contributed by atoms with E-state index in [1.165, 1.54) is 0 Å². The van der Waals surface area contributed by atoms with Gasteiger partial charge in [-0.05, 0) is 58.5 Å². The second-order valence-electron chi connectivity index (χ2n) is 4.62. The summed E-state index contributed by atoms with van der Waals surface area (Å²) in [6.45, 7) is 0.435. The van der Waals surface area contributed by atoms with Crippen molar-refractivity contribution in [2.75, 3.05) is 11.5 Å². The smallest absolute Gasteiger partial charge is 0.265 e. The summed E-state index contributed by atoms with van der Waals surface area (Å²) in [5.41, 5.74) is 1.61. The van der Waals surface area contributed by atoms with Gasteiger partial charge >= 0.3 is 0 Å². The van der Waals surface area contributed by atoms with Crippen LogP contribution in [0.3, 0.4) is 0 Å². The number of carbonyl (C=O) groups is 1. The molecule has 1 amide bonds. The van der Waals surface area contributed by atoms with E-state index in [0.29, 0.717) is 22.3 Å². The fourth-order valence-corrected chi connectivity index (χ4v) is 3.10. The Labute approximate surface area is 145 Å². The van der Waals surface area contributed by atoms with E-state index in [9.17, 15) is 4.79 Å². The van der Waals surface area contributed by atoms with Crippen LogP contribution in [0.25, 0.3) is 0 Å². The van der Waals surface area contributed by atoms with Gasteiger partial charge < -0.3 is 9.64 Å². The van der Waals surface area contributed by atoms with E-state index in [-0.39, 0.29) is 12.5 Å². The summed E-state index contributed by atoms with van der Waals surface area (Å²) in [5.74, 6) is 0.626. The molecule has 0 spiro atoms. The monoisotopic (exact) mass is 433 g/mol. The third kappa shape index (κ3) is 3.12. The first-order valence-electron chi connectivity index (χ1n) is 6.21. The van der Waals surface area contributed by atoms with Crippen molar-refractivity contribution in [3.05, 3.63) is 55.6 Å². The number of amides is 1. The summed E-state index contributed by atoms with van der Waals surface area (Å²) in [5, 5.41) is 1.13. The quantitative estimate of drug-likeness (QED) is 0.651. The predicted octanol–water partition coefficient (Wildman–Crippen LogP) is 4.52. The lowest BCUT2D eigenvalue weighted by atomic mass is 10.1. The van der Waals surface area contributed by atoms with Crippen molar-refractivity contribution in [2.45, 2.75) is 6.54 Å². The molecule has 1 aliphatic rings. The van der Waals surface area contributed by atoms with Gasteiger partial charge in [0.05, 0.1) is 12.2 Å². The highest BCUT2D eigenvalue weighted by molar-refractivity contribution is 14.1. The van der Waals surface area contributed by atoms with Gasteiger partial charge in [-0.15, -0.1) is 0 Å². The minimum Gasteiger partial charge on any atom is -0.482 e. The topological polar surface area (TPSA) is 29.5 Å². The maximum atomic E-state index is 12.2. The summed E-state index contributed by atoms with van der Waals surface area (Å²) in [4.78, 5) is 13.8. The second kappa shape index (κ2) is 6.02. The van der Waals surface area contributed by atoms with Crippen LogP contribution in [0.2, 0.25) is 10.0 Å². The molecular formula is C15H10Cl2INO2. The molecular weight excluding hydrogens is 424 g/mol. The first-order chi connectivity index (χ1) is 10.0. The summed E-state index contributed by atoms with van der Waals surface area (Å²) in [6, 6.07) is 11.0. The number of nitrogens with zero attached hydrogens (tertiary/aromatic N) is 1. The highest BCUT2D eigenvalue weighted by Gasteiger charge is 2.26. The van der Waals surface area contributed by atoms with Gasteiger partial charge in [-0.3, -0.25) is 4.79 Å². The zero-order chi connectivity index (χ0) is 15.0. The van der Waals surface area contributed by atoms with Crippen LogP contribution in [0.4, 0.5) is 5.69 Å². The number of fused-ring (bicyclic) bond motifs is 1. The highest BCUT2D eigenvalue weighted by atomic mass is 127. The number of ether oxygens (including phenoxy) is 1. The van der Waals surface area contributed by atoms with Crippen LogP contribution in [0.5, 0.6) is 5.75 Å². The van der Waals surface area contributed by atoms with Crippen LogP contribution in [0.1, 0.15) is 5.56 Å². The molecule has 0 saturated carbocycles. The van der Waals surface area contributed by atoms with E-state index in [4.69, 9.17) is 27.9 Å². The van der Waals surface area contributed by atoms with Crippen LogP contribution in [-0.4, -0.2) is 12.5 Å². The Bertz CT molecular complexity index is 721. The first-order valence-corrected chi connectivity index (χ1v) is 8.05. The number of hydrogen-bond donors (Lipinski definition) is 0. The fourth-order valence-electron chi connectivity index (χ4n) is 2.17. The number of benzene rings is 2. The van der Waals surface area contributed by atoms with Crippen LogP contribution in [-0.2, 0) is 11.3 Å². The predicted molar refractivity (Wildman–Crippen MR) is 92.3 cm³/mol. The van der Waals surface area contributed by atoms with Crippen molar-refractivity contribution in [1.29, 1.82) is 0 Å². The van der Waals surface area contributed by atoms with Gasteiger partial charge in [0.2, 0.25) is 0 Å².